The van der Waals surface area contributed by atoms with E-state index >= 15 is 0 Å². The lowest BCUT2D eigenvalue weighted by Crippen LogP contribution is -2.24. The lowest BCUT2D eigenvalue weighted by molar-refractivity contribution is 0.574. The van der Waals surface area contributed by atoms with Gasteiger partial charge in [0.15, 0.2) is 0 Å². The van der Waals surface area contributed by atoms with Gasteiger partial charge in [-0.15, -0.1) is 0 Å². The zero-order valence-electron chi connectivity index (χ0n) is 10.8. The van der Waals surface area contributed by atoms with E-state index in [4.69, 9.17) is 0 Å². The van der Waals surface area contributed by atoms with Gasteiger partial charge in [-0.1, -0.05) is 28.1 Å². The number of fused-ring (bicyclic) bond motifs is 1. The Labute approximate surface area is 121 Å². The van der Waals surface area contributed by atoms with Crippen LogP contribution in [0.1, 0.15) is 19.3 Å². The predicted molar refractivity (Wildman–Crippen MR) is 83.6 cm³/mol. The molecule has 19 heavy (non-hydrogen) atoms. The molecule has 2 heterocycles. The van der Waals surface area contributed by atoms with E-state index < -0.39 is 0 Å². The highest BCUT2D eigenvalue weighted by Crippen LogP contribution is 2.27. The summed E-state index contributed by atoms with van der Waals surface area (Å²) in [6.07, 6.45) is 5.63. The normalized spacial score (nSPS) is 18.9. The molecule has 0 spiro atoms. The van der Waals surface area contributed by atoms with Crippen LogP contribution in [-0.4, -0.2) is 24.1 Å². The fraction of sp³-hybridized carbons (Fsp3) is 0.400. The molecule has 1 aliphatic rings. The van der Waals surface area contributed by atoms with Gasteiger partial charge in [-0.2, -0.15) is 0 Å². The Morgan fingerprint density at radius 3 is 3.11 bits per heavy atom. The van der Waals surface area contributed by atoms with Crippen LogP contribution in [0, 0.1) is 0 Å². The van der Waals surface area contributed by atoms with Gasteiger partial charge in [-0.3, -0.25) is 0 Å². The summed E-state index contributed by atoms with van der Waals surface area (Å²) in [4.78, 5) is 4.46. The molecule has 3 rings (SSSR count). The molecule has 0 saturated carbocycles. The maximum absolute atomic E-state index is 4.46. The molecule has 100 valence electrons. The topological polar surface area (TPSA) is 37.0 Å². The molecule has 1 aliphatic heterocycles. The number of hydrogen-bond acceptors (Lipinski definition) is 3. The second-order valence-corrected chi connectivity index (χ2v) is 5.86. The first-order valence-electron chi connectivity index (χ1n) is 6.85. The molecule has 0 radical (unpaired) electrons. The first-order chi connectivity index (χ1) is 9.34. The van der Waals surface area contributed by atoms with Crippen molar-refractivity contribution in [2.45, 2.75) is 25.3 Å². The Bertz CT molecular complexity index is 564. The van der Waals surface area contributed by atoms with Crippen LogP contribution in [-0.2, 0) is 0 Å². The largest absolute Gasteiger partial charge is 0.370 e. The molecular formula is C15H18BrN3. The Morgan fingerprint density at radius 2 is 2.26 bits per heavy atom. The highest BCUT2D eigenvalue weighted by Gasteiger charge is 2.13. The highest BCUT2D eigenvalue weighted by atomic mass is 79.9. The van der Waals surface area contributed by atoms with E-state index in [1.54, 1.807) is 0 Å². The standard InChI is InChI=1S/C15H18BrN3/c16-14-5-1-4-13-12(14)7-10-19-15(13)18-9-6-11-3-2-8-17-11/h1,4-5,7,10-11,17H,2-3,6,8-9H2,(H,18,19)/t11-/m0/s1. The highest BCUT2D eigenvalue weighted by molar-refractivity contribution is 9.10. The number of pyridine rings is 1. The first-order valence-corrected chi connectivity index (χ1v) is 7.64. The molecule has 1 fully saturated rings. The molecule has 0 bridgehead atoms. The van der Waals surface area contributed by atoms with E-state index in [2.05, 4.69) is 49.7 Å². The number of nitrogens with zero attached hydrogens (tertiary/aromatic N) is 1. The minimum absolute atomic E-state index is 0.675. The number of hydrogen-bond donors (Lipinski definition) is 2. The third kappa shape index (κ3) is 2.90. The SMILES string of the molecule is Brc1cccc2c(NCC[C@@H]3CCCN3)nccc12. The minimum atomic E-state index is 0.675. The van der Waals surface area contributed by atoms with Crippen molar-refractivity contribution < 1.29 is 0 Å². The molecule has 0 unspecified atom stereocenters. The quantitative estimate of drug-likeness (QED) is 0.904. The van der Waals surface area contributed by atoms with Crippen LogP contribution < -0.4 is 10.6 Å². The molecule has 1 aromatic carbocycles. The van der Waals surface area contributed by atoms with Crippen LogP contribution in [0.4, 0.5) is 5.82 Å². The second-order valence-electron chi connectivity index (χ2n) is 5.00. The predicted octanol–water partition coefficient (Wildman–Crippen LogP) is 3.55. The zero-order chi connectivity index (χ0) is 13.1. The van der Waals surface area contributed by atoms with Crippen LogP contribution in [0.15, 0.2) is 34.9 Å². The van der Waals surface area contributed by atoms with Crippen molar-refractivity contribution >= 4 is 32.5 Å². The van der Waals surface area contributed by atoms with Crippen molar-refractivity contribution in [2.24, 2.45) is 0 Å². The minimum Gasteiger partial charge on any atom is -0.370 e. The van der Waals surface area contributed by atoms with Crippen LogP contribution in [0.3, 0.4) is 0 Å². The summed E-state index contributed by atoms with van der Waals surface area (Å²) in [5.41, 5.74) is 0. The number of nitrogens with one attached hydrogen (secondary N) is 2. The monoisotopic (exact) mass is 319 g/mol. The van der Waals surface area contributed by atoms with E-state index in [1.807, 2.05) is 12.3 Å². The van der Waals surface area contributed by atoms with Gasteiger partial charge in [0.1, 0.15) is 5.82 Å². The Balaban J connectivity index is 1.72. The van der Waals surface area contributed by atoms with Crippen LogP contribution >= 0.6 is 15.9 Å². The van der Waals surface area contributed by atoms with Gasteiger partial charge < -0.3 is 10.6 Å². The number of rotatable bonds is 4. The van der Waals surface area contributed by atoms with Crippen molar-refractivity contribution in [1.82, 2.24) is 10.3 Å². The lowest BCUT2D eigenvalue weighted by Gasteiger charge is -2.12. The molecule has 0 amide bonds. The Morgan fingerprint density at radius 1 is 1.32 bits per heavy atom. The lowest BCUT2D eigenvalue weighted by atomic mass is 10.1. The fourth-order valence-electron chi connectivity index (χ4n) is 2.68. The van der Waals surface area contributed by atoms with Gasteiger partial charge in [-0.25, -0.2) is 4.98 Å². The van der Waals surface area contributed by atoms with Crippen LogP contribution in [0.5, 0.6) is 0 Å². The summed E-state index contributed by atoms with van der Waals surface area (Å²) in [5, 5.41) is 9.38. The summed E-state index contributed by atoms with van der Waals surface area (Å²) >= 11 is 3.59. The smallest absolute Gasteiger partial charge is 0.133 e. The van der Waals surface area contributed by atoms with Crippen molar-refractivity contribution in [3.05, 3.63) is 34.9 Å². The molecule has 4 heteroatoms. The number of anilines is 1. The van der Waals surface area contributed by atoms with Crippen molar-refractivity contribution in [1.29, 1.82) is 0 Å². The van der Waals surface area contributed by atoms with Gasteiger partial charge in [0.05, 0.1) is 0 Å². The molecular weight excluding hydrogens is 302 g/mol. The summed E-state index contributed by atoms with van der Waals surface area (Å²) < 4.78 is 1.12. The molecule has 1 saturated heterocycles. The van der Waals surface area contributed by atoms with Gasteiger partial charge >= 0.3 is 0 Å². The van der Waals surface area contributed by atoms with Gasteiger partial charge in [0.2, 0.25) is 0 Å². The summed E-state index contributed by atoms with van der Waals surface area (Å²) in [7, 11) is 0. The van der Waals surface area contributed by atoms with Crippen molar-refractivity contribution in [2.75, 3.05) is 18.4 Å². The maximum Gasteiger partial charge on any atom is 0.133 e. The van der Waals surface area contributed by atoms with Crippen LogP contribution in [0.2, 0.25) is 0 Å². The van der Waals surface area contributed by atoms with E-state index in [0.717, 1.165) is 23.3 Å². The third-order valence-corrected chi connectivity index (χ3v) is 4.39. The Kier molecular flexibility index (Phi) is 3.99. The van der Waals surface area contributed by atoms with Crippen molar-refractivity contribution in [3.63, 3.8) is 0 Å². The van der Waals surface area contributed by atoms with E-state index in [9.17, 15) is 0 Å². The fourth-order valence-corrected chi connectivity index (χ4v) is 3.18. The zero-order valence-corrected chi connectivity index (χ0v) is 12.4. The number of halogens is 1. The van der Waals surface area contributed by atoms with E-state index in [0.29, 0.717) is 6.04 Å². The van der Waals surface area contributed by atoms with Gasteiger partial charge in [0, 0.05) is 34.0 Å². The average molecular weight is 320 g/mol. The number of benzene rings is 1. The molecule has 2 aromatic rings. The molecule has 1 aromatic heterocycles. The average Bonchev–Trinajstić information content (AvgIpc) is 2.93. The van der Waals surface area contributed by atoms with E-state index in [1.165, 1.54) is 30.2 Å². The summed E-state index contributed by atoms with van der Waals surface area (Å²) in [5.74, 6) is 0.983. The van der Waals surface area contributed by atoms with E-state index in [-0.39, 0.29) is 0 Å². The second kappa shape index (κ2) is 5.88. The molecule has 2 N–H and O–H groups in total. The van der Waals surface area contributed by atoms with Crippen molar-refractivity contribution in [3.8, 4) is 0 Å². The molecule has 1 atom stereocenters. The molecule has 0 aliphatic carbocycles. The third-order valence-electron chi connectivity index (χ3n) is 3.70. The number of aromatic nitrogens is 1. The summed E-state index contributed by atoms with van der Waals surface area (Å²) in [6, 6.07) is 8.95. The molecule has 3 nitrogen and oxygen atoms in total. The van der Waals surface area contributed by atoms with Gasteiger partial charge in [0.25, 0.3) is 0 Å². The summed E-state index contributed by atoms with van der Waals surface area (Å²) in [6.45, 7) is 2.14. The Hall–Kier alpha value is -1.13. The van der Waals surface area contributed by atoms with Crippen LogP contribution in [0.25, 0.3) is 10.8 Å². The maximum atomic E-state index is 4.46. The first kappa shape index (κ1) is 12.9. The van der Waals surface area contributed by atoms with Gasteiger partial charge in [-0.05, 0) is 37.9 Å².